The van der Waals surface area contributed by atoms with Crippen molar-refractivity contribution in [3.63, 3.8) is 0 Å². The highest BCUT2D eigenvalue weighted by Crippen LogP contribution is 2.43. The van der Waals surface area contributed by atoms with Gasteiger partial charge in [-0.1, -0.05) is 0 Å². The third kappa shape index (κ3) is 4.53. The van der Waals surface area contributed by atoms with E-state index in [-0.39, 0.29) is 12.3 Å². The summed E-state index contributed by atoms with van der Waals surface area (Å²) in [6.07, 6.45) is 1.18. The molecule has 5 nitrogen and oxygen atoms in total. The Morgan fingerprint density at radius 1 is 1.40 bits per heavy atom. The van der Waals surface area contributed by atoms with Crippen molar-refractivity contribution in [1.82, 2.24) is 0 Å². The Balaban J connectivity index is 2.03. The fraction of sp³-hybridized carbons (Fsp3) is 0.778. The summed E-state index contributed by atoms with van der Waals surface area (Å²) in [7, 11) is 0. The molecule has 1 rings (SSSR count). The zero-order valence-corrected chi connectivity index (χ0v) is 9.07. The molecule has 4 N–H and O–H groups in total. The van der Waals surface area contributed by atoms with Gasteiger partial charge in [-0.05, 0) is 24.0 Å². The summed E-state index contributed by atoms with van der Waals surface area (Å²) >= 11 is 1.49. The molecule has 0 aromatic rings. The van der Waals surface area contributed by atoms with Gasteiger partial charge in [-0.3, -0.25) is 9.59 Å². The number of carbonyl (C=O) groups is 2. The largest absolute Gasteiger partial charge is 0.481 e. The highest BCUT2D eigenvalue weighted by molar-refractivity contribution is 7.99. The lowest BCUT2D eigenvalue weighted by Crippen LogP contribution is -2.32. The fourth-order valence-corrected chi connectivity index (χ4v) is 2.65. The quantitative estimate of drug-likeness (QED) is 0.582. The van der Waals surface area contributed by atoms with Crippen LogP contribution < -0.4 is 5.73 Å². The van der Waals surface area contributed by atoms with Crippen LogP contribution in [0.3, 0.4) is 0 Å². The molecule has 0 spiro atoms. The summed E-state index contributed by atoms with van der Waals surface area (Å²) in [5.41, 5.74) is 5.32. The first-order chi connectivity index (χ1) is 7.00. The molecule has 1 fully saturated rings. The number of hydrogen-bond donors (Lipinski definition) is 3. The van der Waals surface area contributed by atoms with Crippen LogP contribution in [0.15, 0.2) is 0 Å². The molecule has 0 radical (unpaired) electrons. The second-order valence-electron chi connectivity index (χ2n) is 3.84. The molecular weight excluding hydrogens is 218 g/mol. The number of thioether (sulfide) groups is 1. The van der Waals surface area contributed by atoms with Gasteiger partial charge in [0.25, 0.3) is 0 Å². The standard InChI is InChI=1S/C9H15NO4S/c10-7(9(13)14)4-15-3-6-1-5(6)2-8(11)12/h5-7H,1-4,10H2,(H,11,12)(H,13,14)/t5?,6?,7-/m0/s1. The fourth-order valence-electron chi connectivity index (χ4n) is 1.41. The van der Waals surface area contributed by atoms with Gasteiger partial charge in [0.2, 0.25) is 0 Å². The van der Waals surface area contributed by atoms with E-state index >= 15 is 0 Å². The Labute approximate surface area is 92.0 Å². The molecule has 0 heterocycles. The van der Waals surface area contributed by atoms with Crippen LogP contribution in [0, 0.1) is 11.8 Å². The minimum Gasteiger partial charge on any atom is -0.481 e. The second-order valence-corrected chi connectivity index (χ2v) is 4.91. The molecule has 0 aliphatic heterocycles. The molecule has 3 atom stereocenters. The van der Waals surface area contributed by atoms with Crippen molar-refractivity contribution in [1.29, 1.82) is 0 Å². The predicted molar refractivity (Wildman–Crippen MR) is 56.8 cm³/mol. The topological polar surface area (TPSA) is 101 Å². The van der Waals surface area contributed by atoms with E-state index < -0.39 is 18.0 Å². The first-order valence-electron chi connectivity index (χ1n) is 4.78. The summed E-state index contributed by atoms with van der Waals surface area (Å²) < 4.78 is 0. The van der Waals surface area contributed by atoms with Crippen molar-refractivity contribution < 1.29 is 19.8 Å². The van der Waals surface area contributed by atoms with Gasteiger partial charge in [0.05, 0.1) is 0 Å². The van der Waals surface area contributed by atoms with Gasteiger partial charge in [0, 0.05) is 12.2 Å². The zero-order chi connectivity index (χ0) is 11.4. The van der Waals surface area contributed by atoms with E-state index in [2.05, 4.69) is 0 Å². The molecule has 0 aromatic heterocycles. The number of nitrogens with two attached hydrogens (primary N) is 1. The number of rotatable bonds is 7. The lowest BCUT2D eigenvalue weighted by atomic mass is 10.2. The average Bonchev–Trinajstić information content (AvgIpc) is 2.82. The van der Waals surface area contributed by atoms with Crippen molar-refractivity contribution in [3.05, 3.63) is 0 Å². The molecule has 6 heteroatoms. The van der Waals surface area contributed by atoms with Crippen molar-refractivity contribution in [2.45, 2.75) is 18.9 Å². The predicted octanol–water partition coefficient (Wildman–Crippen LogP) is 0.242. The summed E-state index contributed by atoms with van der Waals surface area (Å²) in [6, 6.07) is -0.813. The molecule has 0 amide bonds. The number of hydrogen-bond acceptors (Lipinski definition) is 4. The Morgan fingerprint density at radius 3 is 2.60 bits per heavy atom. The lowest BCUT2D eigenvalue weighted by Gasteiger charge is -2.04. The van der Waals surface area contributed by atoms with Crippen molar-refractivity contribution in [2.75, 3.05) is 11.5 Å². The van der Waals surface area contributed by atoms with Gasteiger partial charge in [0.1, 0.15) is 6.04 Å². The number of carboxylic acids is 2. The van der Waals surface area contributed by atoms with Crippen LogP contribution >= 0.6 is 11.8 Å². The van der Waals surface area contributed by atoms with E-state index in [1.807, 2.05) is 0 Å². The van der Waals surface area contributed by atoms with E-state index in [1.165, 1.54) is 11.8 Å². The van der Waals surface area contributed by atoms with E-state index in [0.717, 1.165) is 12.2 Å². The molecule has 1 aliphatic carbocycles. The van der Waals surface area contributed by atoms with Crippen molar-refractivity contribution in [2.24, 2.45) is 17.6 Å². The summed E-state index contributed by atoms with van der Waals surface area (Å²) in [5.74, 6) is 0.197. The highest BCUT2D eigenvalue weighted by Gasteiger charge is 2.38. The van der Waals surface area contributed by atoms with E-state index in [1.54, 1.807) is 0 Å². The minimum atomic E-state index is -0.986. The monoisotopic (exact) mass is 233 g/mol. The van der Waals surface area contributed by atoms with Crippen molar-refractivity contribution in [3.8, 4) is 0 Å². The molecule has 15 heavy (non-hydrogen) atoms. The maximum atomic E-state index is 10.4. The van der Waals surface area contributed by atoms with Crippen molar-refractivity contribution >= 4 is 23.7 Å². The van der Waals surface area contributed by atoms with E-state index in [4.69, 9.17) is 15.9 Å². The SMILES string of the molecule is N[C@@H](CSCC1CC1CC(=O)O)C(=O)O. The normalized spacial score (nSPS) is 25.9. The molecule has 86 valence electrons. The molecule has 2 unspecified atom stereocenters. The van der Waals surface area contributed by atoms with E-state index in [0.29, 0.717) is 11.7 Å². The first kappa shape index (κ1) is 12.3. The van der Waals surface area contributed by atoms with E-state index in [9.17, 15) is 9.59 Å². The Morgan fingerprint density at radius 2 is 2.07 bits per heavy atom. The average molecular weight is 233 g/mol. The van der Waals surface area contributed by atoms with Crippen LogP contribution in [0.4, 0.5) is 0 Å². The summed E-state index contributed by atoms with van der Waals surface area (Å²) in [4.78, 5) is 20.7. The molecule has 1 saturated carbocycles. The Kier molecular flexibility index (Phi) is 4.41. The van der Waals surface area contributed by atoms with Gasteiger partial charge in [0.15, 0.2) is 0 Å². The molecular formula is C9H15NO4S. The molecule has 0 saturated heterocycles. The van der Waals surface area contributed by atoms with Crippen LogP contribution in [-0.4, -0.2) is 39.7 Å². The lowest BCUT2D eigenvalue weighted by molar-refractivity contribution is -0.138. The van der Waals surface area contributed by atoms with Crippen LogP contribution in [0.5, 0.6) is 0 Å². The van der Waals surface area contributed by atoms with Crippen LogP contribution in [0.2, 0.25) is 0 Å². The highest BCUT2D eigenvalue weighted by atomic mass is 32.2. The summed E-state index contributed by atoms with van der Waals surface area (Å²) in [6.45, 7) is 0. The second kappa shape index (κ2) is 5.37. The van der Waals surface area contributed by atoms with Gasteiger partial charge in [-0.2, -0.15) is 11.8 Å². The summed E-state index contributed by atoms with van der Waals surface area (Å²) in [5, 5.41) is 17.0. The van der Waals surface area contributed by atoms with Gasteiger partial charge in [-0.25, -0.2) is 0 Å². The minimum absolute atomic E-state index is 0.232. The molecule has 0 aromatic carbocycles. The Hall–Kier alpha value is -0.750. The zero-order valence-electron chi connectivity index (χ0n) is 8.26. The first-order valence-corrected chi connectivity index (χ1v) is 5.94. The van der Waals surface area contributed by atoms with Gasteiger partial charge in [-0.15, -0.1) is 0 Å². The number of carboxylic acid groups (broad SMARTS) is 2. The smallest absolute Gasteiger partial charge is 0.321 e. The maximum Gasteiger partial charge on any atom is 0.321 e. The van der Waals surface area contributed by atoms with Gasteiger partial charge < -0.3 is 15.9 Å². The molecule has 0 bridgehead atoms. The van der Waals surface area contributed by atoms with Gasteiger partial charge >= 0.3 is 11.9 Å². The third-order valence-corrected chi connectivity index (χ3v) is 3.71. The Bertz CT molecular complexity index is 258. The van der Waals surface area contributed by atoms with Crippen LogP contribution in [0.1, 0.15) is 12.8 Å². The maximum absolute atomic E-state index is 10.4. The number of aliphatic carboxylic acids is 2. The van der Waals surface area contributed by atoms with Crippen LogP contribution in [0.25, 0.3) is 0 Å². The van der Waals surface area contributed by atoms with Crippen LogP contribution in [-0.2, 0) is 9.59 Å². The third-order valence-electron chi connectivity index (χ3n) is 2.45. The molecule has 1 aliphatic rings.